The number of hydrogen-bond acceptors (Lipinski definition) is 5. The summed E-state index contributed by atoms with van der Waals surface area (Å²) in [4.78, 5) is 15.1. The Balaban J connectivity index is 1.83. The molecule has 0 amide bonds. The number of amidine groups is 1. The van der Waals surface area contributed by atoms with Crippen molar-refractivity contribution in [3.05, 3.63) is 0 Å². The first-order chi connectivity index (χ1) is 8.19. The van der Waals surface area contributed by atoms with Crippen molar-refractivity contribution >= 4 is 22.9 Å². The Labute approximate surface area is 105 Å². The molecule has 0 radical (unpaired) electrons. The highest BCUT2D eigenvalue weighted by Crippen LogP contribution is 2.33. The van der Waals surface area contributed by atoms with Gasteiger partial charge in [-0.05, 0) is 19.8 Å². The first-order valence-electron chi connectivity index (χ1n) is 5.95. The van der Waals surface area contributed by atoms with Crippen LogP contribution in [-0.2, 0) is 14.3 Å². The van der Waals surface area contributed by atoms with Gasteiger partial charge in [-0.15, -0.1) is 0 Å². The molecule has 0 spiro atoms. The minimum absolute atomic E-state index is 0.0235. The van der Waals surface area contributed by atoms with Crippen molar-refractivity contribution in [2.75, 3.05) is 13.2 Å². The van der Waals surface area contributed by atoms with Gasteiger partial charge in [0.25, 0.3) is 0 Å². The standard InChI is InChI=1S/C11H18N2O3S/c1-3-12-11-13-9-5-4-8(6-15-7(2)14)16-10(9)17-11/h8-10H,3-6H2,1-2H3,(H,12,13)/t8-,9-,10-/m1/s1. The number of fused-ring (bicyclic) bond motifs is 1. The summed E-state index contributed by atoms with van der Waals surface area (Å²) in [6, 6.07) is 0.346. The van der Waals surface area contributed by atoms with E-state index in [9.17, 15) is 4.79 Å². The maximum atomic E-state index is 10.7. The van der Waals surface area contributed by atoms with Crippen LogP contribution in [0.4, 0.5) is 0 Å². The van der Waals surface area contributed by atoms with Crippen molar-refractivity contribution in [2.24, 2.45) is 4.99 Å². The monoisotopic (exact) mass is 258 g/mol. The van der Waals surface area contributed by atoms with Gasteiger partial charge in [0.1, 0.15) is 12.0 Å². The third-order valence-corrected chi connectivity index (χ3v) is 3.91. The maximum absolute atomic E-state index is 10.7. The third kappa shape index (κ3) is 3.35. The molecule has 0 aliphatic carbocycles. The van der Waals surface area contributed by atoms with Gasteiger partial charge >= 0.3 is 5.97 Å². The van der Waals surface area contributed by atoms with Crippen molar-refractivity contribution in [1.29, 1.82) is 0 Å². The van der Waals surface area contributed by atoms with E-state index in [2.05, 4.69) is 10.3 Å². The Morgan fingerprint density at radius 2 is 2.47 bits per heavy atom. The second-order valence-electron chi connectivity index (χ2n) is 4.15. The zero-order chi connectivity index (χ0) is 12.3. The molecule has 17 heavy (non-hydrogen) atoms. The first-order valence-corrected chi connectivity index (χ1v) is 6.83. The van der Waals surface area contributed by atoms with Gasteiger partial charge in [-0.25, -0.2) is 0 Å². The molecule has 1 N–H and O–H groups in total. The lowest BCUT2D eigenvalue weighted by Crippen LogP contribution is -2.41. The summed E-state index contributed by atoms with van der Waals surface area (Å²) < 4.78 is 10.9. The fraction of sp³-hybridized carbons (Fsp3) is 0.818. The van der Waals surface area contributed by atoms with Crippen molar-refractivity contribution < 1.29 is 14.3 Å². The first kappa shape index (κ1) is 12.7. The van der Waals surface area contributed by atoms with Crippen LogP contribution in [0, 0.1) is 0 Å². The van der Waals surface area contributed by atoms with E-state index in [0.717, 1.165) is 24.6 Å². The summed E-state index contributed by atoms with van der Waals surface area (Å²) in [6.07, 6.45) is 1.98. The molecule has 0 saturated carbocycles. The van der Waals surface area contributed by atoms with Crippen LogP contribution in [0.15, 0.2) is 4.99 Å². The van der Waals surface area contributed by atoms with Gasteiger partial charge in [-0.2, -0.15) is 0 Å². The van der Waals surface area contributed by atoms with Crippen LogP contribution < -0.4 is 5.32 Å². The summed E-state index contributed by atoms with van der Waals surface area (Å²) >= 11 is 1.63. The number of thioether (sulfide) groups is 1. The summed E-state index contributed by atoms with van der Waals surface area (Å²) in [5.41, 5.74) is 0.106. The number of hydrogen-bond donors (Lipinski definition) is 1. The van der Waals surface area contributed by atoms with E-state index in [4.69, 9.17) is 9.47 Å². The van der Waals surface area contributed by atoms with E-state index in [1.54, 1.807) is 11.8 Å². The lowest BCUT2D eigenvalue weighted by atomic mass is 10.1. The summed E-state index contributed by atoms with van der Waals surface area (Å²) in [6.45, 7) is 4.58. The van der Waals surface area contributed by atoms with E-state index in [-0.39, 0.29) is 17.5 Å². The average Bonchev–Trinajstić information content (AvgIpc) is 2.68. The van der Waals surface area contributed by atoms with E-state index in [1.807, 2.05) is 6.92 Å². The number of esters is 1. The van der Waals surface area contributed by atoms with E-state index in [0.29, 0.717) is 12.6 Å². The largest absolute Gasteiger partial charge is 0.463 e. The second-order valence-corrected chi connectivity index (χ2v) is 5.24. The predicted octanol–water partition coefficient (Wildman–Crippen LogP) is 1.14. The van der Waals surface area contributed by atoms with Crippen molar-refractivity contribution in [3.63, 3.8) is 0 Å². The fourth-order valence-electron chi connectivity index (χ4n) is 1.97. The van der Waals surface area contributed by atoms with Crippen LogP contribution in [0.3, 0.4) is 0 Å². The van der Waals surface area contributed by atoms with E-state index in [1.165, 1.54) is 6.92 Å². The smallest absolute Gasteiger partial charge is 0.302 e. The minimum atomic E-state index is -0.249. The topological polar surface area (TPSA) is 59.9 Å². The second kappa shape index (κ2) is 5.73. The van der Waals surface area contributed by atoms with Gasteiger partial charge in [0.15, 0.2) is 5.17 Å². The number of carbonyl (C=O) groups is 1. The molecule has 0 unspecified atom stereocenters. The van der Waals surface area contributed by atoms with Gasteiger partial charge in [-0.1, -0.05) is 11.8 Å². The molecule has 2 heterocycles. The fourth-order valence-corrected chi connectivity index (χ4v) is 3.19. The minimum Gasteiger partial charge on any atom is -0.463 e. The molecule has 0 aromatic heterocycles. The van der Waals surface area contributed by atoms with Gasteiger partial charge < -0.3 is 14.8 Å². The van der Waals surface area contributed by atoms with Crippen LogP contribution in [0.1, 0.15) is 26.7 Å². The van der Waals surface area contributed by atoms with Crippen LogP contribution in [0.2, 0.25) is 0 Å². The molecular formula is C11H18N2O3S. The van der Waals surface area contributed by atoms with Gasteiger partial charge in [0, 0.05) is 13.5 Å². The number of rotatable bonds is 3. The Kier molecular flexibility index (Phi) is 4.28. The molecule has 2 aliphatic rings. The van der Waals surface area contributed by atoms with Crippen LogP contribution in [0.5, 0.6) is 0 Å². The number of nitrogens with one attached hydrogen (secondary N) is 1. The Morgan fingerprint density at radius 3 is 3.18 bits per heavy atom. The highest BCUT2D eigenvalue weighted by molar-refractivity contribution is 8.14. The quantitative estimate of drug-likeness (QED) is 0.769. The number of ether oxygens (including phenoxy) is 2. The number of aliphatic imine (C=N–C) groups is 1. The summed E-state index contributed by atoms with van der Waals surface area (Å²) in [5.74, 6) is -0.249. The number of nitrogens with zero attached hydrogens (tertiary/aromatic N) is 1. The molecule has 0 bridgehead atoms. The zero-order valence-electron chi connectivity index (χ0n) is 10.1. The molecule has 96 valence electrons. The van der Waals surface area contributed by atoms with Gasteiger partial charge in [0.2, 0.25) is 0 Å². The summed E-state index contributed by atoms with van der Waals surface area (Å²) in [7, 11) is 0. The molecule has 6 heteroatoms. The normalized spacial score (nSPS) is 34.2. The Bertz CT molecular complexity index is 322. The van der Waals surface area contributed by atoms with Crippen LogP contribution in [-0.4, -0.2) is 41.9 Å². The molecular weight excluding hydrogens is 240 g/mol. The van der Waals surface area contributed by atoms with Crippen LogP contribution >= 0.6 is 11.8 Å². The summed E-state index contributed by atoms with van der Waals surface area (Å²) in [5, 5.41) is 4.33. The molecule has 2 rings (SSSR count). The SMILES string of the molecule is CCN=C1N[C@@H]2CC[C@H](COC(C)=O)O[C@@H]2S1. The molecule has 3 atom stereocenters. The van der Waals surface area contributed by atoms with Crippen LogP contribution in [0.25, 0.3) is 0 Å². The lowest BCUT2D eigenvalue weighted by molar-refractivity contribution is -0.147. The molecule has 0 aromatic rings. The van der Waals surface area contributed by atoms with Crippen molar-refractivity contribution in [1.82, 2.24) is 5.32 Å². The molecule has 2 fully saturated rings. The van der Waals surface area contributed by atoms with Gasteiger partial charge in [0.05, 0.1) is 12.1 Å². The molecule has 2 saturated heterocycles. The van der Waals surface area contributed by atoms with Crippen molar-refractivity contribution in [2.45, 2.75) is 44.3 Å². The molecule has 0 aromatic carbocycles. The highest BCUT2D eigenvalue weighted by Gasteiger charge is 2.38. The van der Waals surface area contributed by atoms with Gasteiger partial charge in [-0.3, -0.25) is 9.79 Å². The van der Waals surface area contributed by atoms with E-state index < -0.39 is 0 Å². The predicted molar refractivity (Wildman–Crippen MR) is 67.0 cm³/mol. The highest BCUT2D eigenvalue weighted by atomic mass is 32.2. The van der Waals surface area contributed by atoms with Crippen molar-refractivity contribution in [3.8, 4) is 0 Å². The Hall–Kier alpha value is -0.750. The average molecular weight is 258 g/mol. The lowest BCUT2D eigenvalue weighted by Gasteiger charge is -2.30. The molecule has 5 nitrogen and oxygen atoms in total. The molecule has 2 aliphatic heterocycles. The number of carbonyl (C=O) groups excluding carboxylic acids is 1. The Morgan fingerprint density at radius 1 is 1.65 bits per heavy atom. The third-order valence-electron chi connectivity index (χ3n) is 2.77. The van der Waals surface area contributed by atoms with E-state index >= 15 is 0 Å². The zero-order valence-corrected chi connectivity index (χ0v) is 11.0. The maximum Gasteiger partial charge on any atom is 0.302 e.